The van der Waals surface area contributed by atoms with Gasteiger partial charge in [-0.15, -0.1) is 0 Å². The van der Waals surface area contributed by atoms with Crippen LogP contribution < -0.4 is 0 Å². The molecule has 0 aromatic rings. The Morgan fingerprint density at radius 1 is 0.500 bits per heavy atom. The first-order chi connectivity index (χ1) is 22.6. The highest BCUT2D eigenvalue weighted by Gasteiger charge is 2.16. The van der Waals surface area contributed by atoms with Gasteiger partial charge in [-0.25, -0.2) is 0 Å². The Morgan fingerprint density at radius 3 is 1.37 bits per heavy atom. The molecule has 5 heteroatoms. The van der Waals surface area contributed by atoms with Crippen molar-refractivity contribution in [2.45, 2.75) is 187 Å². The normalized spacial score (nSPS) is 12.7. The minimum atomic E-state index is -0.790. The van der Waals surface area contributed by atoms with Crippen molar-refractivity contribution in [1.29, 1.82) is 0 Å². The molecule has 0 fully saturated rings. The van der Waals surface area contributed by atoms with Crippen LogP contribution in [-0.2, 0) is 19.1 Å². The van der Waals surface area contributed by atoms with Crippen molar-refractivity contribution in [1.82, 2.24) is 0 Å². The molecule has 5 nitrogen and oxygen atoms in total. The molecule has 0 unspecified atom stereocenters. The summed E-state index contributed by atoms with van der Waals surface area (Å²) in [6, 6.07) is 0. The smallest absolute Gasteiger partial charge is 0.306 e. The summed E-state index contributed by atoms with van der Waals surface area (Å²) < 4.78 is 10.6. The molecule has 46 heavy (non-hydrogen) atoms. The zero-order valence-corrected chi connectivity index (χ0v) is 30.1. The number of rotatable bonds is 34. The van der Waals surface area contributed by atoms with E-state index in [2.05, 4.69) is 62.5 Å². The third-order valence-corrected chi connectivity index (χ3v) is 8.13. The lowest BCUT2D eigenvalue weighted by atomic mass is 10.0. The summed E-state index contributed by atoms with van der Waals surface area (Å²) in [5.41, 5.74) is 0. The topological polar surface area (TPSA) is 72.8 Å². The van der Waals surface area contributed by atoms with Crippen molar-refractivity contribution in [3.05, 3.63) is 48.6 Å². The maximum absolute atomic E-state index is 12.1. The van der Waals surface area contributed by atoms with E-state index >= 15 is 0 Å². The van der Waals surface area contributed by atoms with Gasteiger partial charge in [0, 0.05) is 12.8 Å². The van der Waals surface area contributed by atoms with Crippen LogP contribution in [0.5, 0.6) is 0 Å². The summed E-state index contributed by atoms with van der Waals surface area (Å²) >= 11 is 0. The molecule has 1 N–H and O–H groups in total. The lowest BCUT2D eigenvalue weighted by molar-refractivity contribution is -0.161. The van der Waals surface area contributed by atoms with Gasteiger partial charge >= 0.3 is 11.9 Å². The summed E-state index contributed by atoms with van der Waals surface area (Å²) in [5.74, 6) is -0.655. The Kier molecular flexibility index (Phi) is 35.6. The summed E-state index contributed by atoms with van der Waals surface area (Å²) in [7, 11) is 0. The van der Waals surface area contributed by atoms with Crippen molar-refractivity contribution in [3.8, 4) is 0 Å². The van der Waals surface area contributed by atoms with Crippen LogP contribution in [0.25, 0.3) is 0 Å². The van der Waals surface area contributed by atoms with Gasteiger partial charge in [0.15, 0.2) is 6.10 Å². The van der Waals surface area contributed by atoms with Crippen LogP contribution in [0.1, 0.15) is 181 Å². The van der Waals surface area contributed by atoms with Gasteiger partial charge in [0.2, 0.25) is 0 Å². The van der Waals surface area contributed by atoms with E-state index in [1.165, 1.54) is 103 Å². The number of aliphatic hydroxyl groups is 1. The molecule has 266 valence electrons. The van der Waals surface area contributed by atoms with E-state index < -0.39 is 6.10 Å². The van der Waals surface area contributed by atoms with E-state index in [4.69, 9.17) is 9.47 Å². The summed E-state index contributed by atoms with van der Waals surface area (Å²) in [6.45, 7) is 4.06. The molecule has 0 bridgehead atoms. The average Bonchev–Trinajstić information content (AvgIpc) is 3.06. The maximum atomic E-state index is 12.1. The van der Waals surface area contributed by atoms with Gasteiger partial charge in [0.25, 0.3) is 0 Å². The monoisotopic (exact) mass is 645 g/mol. The number of esters is 2. The minimum Gasteiger partial charge on any atom is -0.462 e. The van der Waals surface area contributed by atoms with Crippen molar-refractivity contribution in [2.75, 3.05) is 13.2 Å². The van der Waals surface area contributed by atoms with Gasteiger partial charge in [-0.3, -0.25) is 9.59 Å². The first-order valence-electron chi connectivity index (χ1n) is 19.2. The van der Waals surface area contributed by atoms with Crippen LogP contribution in [0.3, 0.4) is 0 Å². The van der Waals surface area contributed by atoms with Gasteiger partial charge in [-0.1, -0.05) is 165 Å². The van der Waals surface area contributed by atoms with E-state index in [0.29, 0.717) is 19.3 Å². The minimum absolute atomic E-state index is 0.0930. The summed E-state index contributed by atoms with van der Waals surface area (Å²) in [6.07, 6.45) is 46.0. The number of hydrogen-bond donors (Lipinski definition) is 1. The lowest BCUT2D eigenvalue weighted by Crippen LogP contribution is -2.28. The summed E-state index contributed by atoms with van der Waals surface area (Å²) in [4.78, 5) is 24.2. The van der Waals surface area contributed by atoms with Gasteiger partial charge in [-0.05, 0) is 51.4 Å². The SMILES string of the molecule is CCCCC/C=C\C/C=C\C/C=C\C/C=C\CCCC(=O)OC[C@H](CO)OC(=O)CCCCCCCCCCCCCCCCC. The second kappa shape index (κ2) is 37.3. The predicted octanol–water partition coefficient (Wildman–Crippen LogP) is 11.8. The zero-order chi connectivity index (χ0) is 33.6. The maximum Gasteiger partial charge on any atom is 0.306 e. The van der Waals surface area contributed by atoms with E-state index in [1.54, 1.807) is 0 Å². The standard InChI is InChI=1S/C41H72O5/c1-3-5-7-9-11-13-15-17-19-20-22-23-25-27-29-31-33-35-40(43)45-38-39(37-42)46-41(44)36-34-32-30-28-26-24-21-18-16-14-12-10-8-6-4-2/h11,13,17,19,22-23,27,29,39,42H,3-10,12,14-16,18,20-21,24-26,28,30-38H2,1-2H3/b13-11-,19-17-,23-22-,29-27-/t39-/m0/s1. The highest BCUT2D eigenvalue weighted by Crippen LogP contribution is 2.14. The number of hydrogen-bond acceptors (Lipinski definition) is 5. The fraction of sp³-hybridized carbons (Fsp3) is 0.756. The second-order valence-electron chi connectivity index (χ2n) is 12.7. The average molecular weight is 645 g/mol. The molecule has 0 saturated heterocycles. The van der Waals surface area contributed by atoms with E-state index in [-0.39, 0.29) is 25.2 Å². The Bertz CT molecular complexity index is 782. The molecule has 0 aromatic carbocycles. The molecule has 0 radical (unpaired) electrons. The number of carbonyl (C=O) groups excluding carboxylic acids is 2. The Morgan fingerprint density at radius 2 is 0.891 bits per heavy atom. The van der Waals surface area contributed by atoms with Crippen molar-refractivity contribution in [3.63, 3.8) is 0 Å². The van der Waals surface area contributed by atoms with Gasteiger partial charge in [-0.2, -0.15) is 0 Å². The van der Waals surface area contributed by atoms with Crippen LogP contribution >= 0.6 is 0 Å². The molecular formula is C41H72O5. The molecule has 0 rings (SSSR count). The largest absolute Gasteiger partial charge is 0.462 e. The summed E-state index contributed by atoms with van der Waals surface area (Å²) in [5, 5.41) is 9.53. The molecule has 0 aliphatic heterocycles. The molecule has 1 atom stereocenters. The van der Waals surface area contributed by atoms with Crippen LogP contribution in [0.2, 0.25) is 0 Å². The molecule has 0 amide bonds. The molecular weight excluding hydrogens is 572 g/mol. The molecule has 0 aliphatic carbocycles. The number of ether oxygens (including phenoxy) is 2. The predicted molar refractivity (Wildman–Crippen MR) is 196 cm³/mol. The van der Waals surface area contributed by atoms with E-state index in [9.17, 15) is 14.7 Å². The van der Waals surface area contributed by atoms with Crippen LogP contribution in [0.4, 0.5) is 0 Å². The third-order valence-electron chi connectivity index (χ3n) is 8.13. The Hall–Kier alpha value is -2.14. The molecule has 0 aromatic heterocycles. The van der Waals surface area contributed by atoms with Crippen LogP contribution in [0.15, 0.2) is 48.6 Å². The first-order valence-corrected chi connectivity index (χ1v) is 19.2. The van der Waals surface area contributed by atoms with Crippen LogP contribution in [0, 0.1) is 0 Å². The second-order valence-corrected chi connectivity index (χ2v) is 12.7. The lowest BCUT2D eigenvalue weighted by Gasteiger charge is -2.15. The third kappa shape index (κ3) is 34.7. The fourth-order valence-electron chi connectivity index (χ4n) is 5.19. The highest BCUT2D eigenvalue weighted by atomic mass is 16.6. The molecule has 0 spiro atoms. The van der Waals surface area contributed by atoms with E-state index in [0.717, 1.165) is 44.9 Å². The molecule has 0 aliphatic rings. The van der Waals surface area contributed by atoms with Crippen molar-refractivity contribution >= 4 is 11.9 Å². The highest BCUT2D eigenvalue weighted by molar-refractivity contribution is 5.70. The molecule has 0 saturated carbocycles. The fourth-order valence-corrected chi connectivity index (χ4v) is 5.19. The van der Waals surface area contributed by atoms with E-state index in [1.807, 2.05) is 0 Å². The zero-order valence-electron chi connectivity index (χ0n) is 30.1. The van der Waals surface area contributed by atoms with Gasteiger partial charge < -0.3 is 14.6 Å². The van der Waals surface area contributed by atoms with Crippen molar-refractivity contribution in [2.24, 2.45) is 0 Å². The number of allylic oxidation sites excluding steroid dienone is 8. The number of carbonyl (C=O) groups is 2. The number of unbranched alkanes of at least 4 members (excludes halogenated alkanes) is 18. The Labute approximate surface area is 284 Å². The number of aliphatic hydroxyl groups excluding tert-OH is 1. The quantitative estimate of drug-likeness (QED) is 0.0429. The Balaban J connectivity index is 3.66. The first kappa shape index (κ1) is 43.9. The van der Waals surface area contributed by atoms with Crippen LogP contribution in [-0.4, -0.2) is 36.4 Å². The van der Waals surface area contributed by atoms with Gasteiger partial charge in [0.1, 0.15) is 6.61 Å². The molecule has 0 heterocycles. The van der Waals surface area contributed by atoms with Gasteiger partial charge in [0.05, 0.1) is 6.61 Å². The van der Waals surface area contributed by atoms with Crippen molar-refractivity contribution < 1.29 is 24.2 Å².